The van der Waals surface area contributed by atoms with Gasteiger partial charge in [0.2, 0.25) is 0 Å². The van der Waals surface area contributed by atoms with Crippen molar-refractivity contribution in [3.8, 4) is 0 Å². The first-order valence-electron chi connectivity index (χ1n) is 7.62. The number of likely N-dealkylation sites (N-methyl/N-ethyl adjacent to an activating group) is 1. The van der Waals surface area contributed by atoms with Gasteiger partial charge in [0.15, 0.2) is 0 Å². The molecule has 0 spiro atoms. The molecule has 1 fully saturated rings. The van der Waals surface area contributed by atoms with Crippen LogP contribution >= 0.6 is 0 Å². The van der Waals surface area contributed by atoms with Crippen LogP contribution in [0.2, 0.25) is 0 Å². The van der Waals surface area contributed by atoms with Crippen LogP contribution in [0.15, 0.2) is 24.3 Å². The molecule has 3 heteroatoms. The lowest BCUT2D eigenvalue weighted by Gasteiger charge is -2.23. The fraction of sp³-hybridized carbons (Fsp3) is 0.750. The Hall–Kier alpha value is -0.640. The van der Waals surface area contributed by atoms with E-state index in [1.54, 1.807) is 0 Å². The number of hydroxylamine groups is 1. The van der Waals surface area contributed by atoms with Crippen LogP contribution in [0.1, 0.15) is 46.0 Å². The van der Waals surface area contributed by atoms with Gasteiger partial charge < -0.3 is 4.90 Å². The molecular weight excluding hydrogens is 236 g/mol. The van der Waals surface area contributed by atoms with Crippen LogP contribution in [-0.2, 0) is 4.84 Å². The zero-order valence-corrected chi connectivity index (χ0v) is 12.8. The first-order chi connectivity index (χ1) is 9.22. The summed E-state index contributed by atoms with van der Waals surface area (Å²) in [6.07, 6.45) is 9.96. The second-order valence-corrected chi connectivity index (χ2v) is 5.36. The third-order valence-electron chi connectivity index (χ3n) is 3.83. The Morgan fingerprint density at radius 2 is 2.32 bits per heavy atom. The zero-order valence-electron chi connectivity index (χ0n) is 12.8. The fourth-order valence-electron chi connectivity index (χ4n) is 2.62. The molecule has 0 bridgehead atoms. The quantitative estimate of drug-likeness (QED) is 0.512. The summed E-state index contributed by atoms with van der Waals surface area (Å²) in [4.78, 5) is 8.13. The number of nitrogens with one attached hydrogen (secondary N) is 1. The molecule has 1 aliphatic rings. The van der Waals surface area contributed by atoms with Crippen LogP contribution < -0.4 is 5.48 Å². The highest BCUT2D eigenvalue weighted by Crippen LogP contribution is 2.15. The average molecular weight is 266 g/mol. The number of hydrogen-bond acceptors (Lipinski definition) is 3. The molecule has 110 valence electrons. The lowest BCUT2D eigenvalue weighted by Crippen LogP contribution is -2.36. The number of hydrogen-bond donors (Lipinski definition) is 1. The summed E-state index contributed by atoms with van der Waals surface area (Å²) in [5.74, 6) is 0. The number of allylic oxidation sites excluding steroid dienone is 1. The maximum atomic E-state index is 5.75. The van der Waals surface area contributed by atoms with Gasteiger partial charge in [-0.05, 0) is 44.8 Å². The Kier molecular flexibility index (Phi) is 8.03. The summed E-state index contributed by atoms with van der Waals surface area (Å²) >= 11 is 0. The van der Waals surface area contributed by atoms with Crippen LogP contribution in [0.3, 0.4) is 0 Å². The molecule has 3 nitrogen and oxygen atoms in total. The van der Waals surface area contributed by atoms with E-state index in [4.69, 9.17) is 4.84 Å². The van der Waals surface area contributed by atoms with Gasteiger partial charge in [0, 0.05) is 6.04 Å². The van der Waals surface area contributed by atoms with Crippen molar-refractivity contribution in [2.24, 2.45) is 0 Å². The van der Waals surface area contributed by atoms with E-state index in [0.29, 0.717) is 6.04 Å². The van der Waals surface area contributed by atoms with Gasteiger partial charge >= 0.3 is 0 Å². The van der Waals surface area contributed by atoms with Crippen molar-refractivity contribution < 1.29 is 4.84 Å². The minimum Gasteiger partial charge on any atom is -0.301 e. The van der Waals surface area contributed by atoms with E-state index in [9.17, 15) is 0 Å². The smallest absolute Gasteiger partial charge is 0.0837 e. The monoisotopic (exact) mass is 266 g/mol. The molecule has 0 aromatic heterocycles. The lowest BCUT2D eigenvalue weighted by atomic mass is 10.0. The van der Waals surface area contributed by atoms with Crippen molar-refractivity contribution in [2.45, 2.75) is 58.0 Å². The molecule has 0 aromatic rings. The summed E-state index contributed by atoms with van der Waals surface area (Å²) in [7, 11) is 2.18. The van der Waals surface area contributed by atoms with Gasteiger partial charge in [-0.3, -0.25) is 4.84 Å². The van der Waals surface area contributed by atoms with Gasteiger partial charge in [0.05, 0.1) is 12.6 Å². The molecule has 0 saturated carbocycles. The van der Waals surface area contributed by atoms with E-state index in [0.717, 1.165) is 25.9 Å². The van der Waals surface area contributed by atoms with E-state index < -0.39 is 0 Å². The van der Waals surface area contributed by atoms with Crippen LogP contribution in [0.5, 0.6) is 0 Å². The average Bonchev–Trinajstić information content (AvgIpc) is 2.81. The van der Waals surface area contributed by atoms with E-state index in [1.165, 1.54) is 25.0 Å². The van der Waals surface area contributed by atoms with E-state index in [1.807, 2.05) is 6.08 Å². The standard InChI is InChI=1S/C16H30N2O/c1-5-9-14(7-3)16(10-6-2)17-19-13-15-11-8-12-18(15)4/h7,9,15-17H,3,5-6,8,10-13H2,1-2,4H3/b14-9-. The normalized spacial score (nSPS) is 22.7. The number of nitrogens with zero attached hydrogens (tertiary/aromatic N) is 1. The Bertz CT molecular complexity index is 288. The molecule has 0 amide bonds. The molecule has 2 atom stereocenters. The van der Waals surface area contributed by atoms with Crippen molar-refractivity contribution in [3.05, 3.63) is 24.3 Å². The van der Waals surface area contributed by atoms with Crippen LogP contribution in [0, 0.1) is 0 Å². The van der Waals surface area contributed by atoms with E-state index in [-0.39, 0.29) is 6.04 Å². The SMILES string of the molecule is C=C/C(=C/CC)C(CCC)NOCC1CCCN1C. The zero-order chi connectivity index (χ0) is 14.1. The van der Waals surface area contributed by atoms with Gasteiger partial charge in [0.1, 0.15) is 0 Å². The van der Waals surface area contributed by atoms with Crippen molar-refractivity contribution in [1.82, 2.24) is 10.4 Å². The minimum absolute atomic E-state index is 0.272. The maximum absolute atomic E-state index is 5.75. The fourth-order valence-corrected chi connectivity index (χ4v) is 2.62. The summed E-state index contributed by atoms with van der Waals surface area (Å²) < 4.78 is 0. The Balaban J connectivity index is 2.40. The van der Waals surface area contributed by atoms with Gasteiger partial charge in [-0.1, -0.05) is 39.0 Å². The van der Waals surface area contributed by atoms with Crippen molar-refractivity contribution in [1.29, 1.82) is 0 Å². The molecule has 2 unspecified atom stereocenters. The molecule has 0 aliphatic carbocycles. The Morgan fingerprint density at radius 3 is 2.84 bits per heavy atom. The van der Waals surface area contributed by atoms with Crippen molar-refractivity contribution in [2.75, 3.05) is 20.2 Å². The maximum Gasteiger partial charge on any atom is 0.0837 e. The summed E-state index contributed by atoms with van der Waals surface area (Å²) in [6.45, 7) is 10.2. The Labute approximate surface area is 118 Å². The number of rotatable bonds is 9. The highest BCUT2D eigenvalue weighted by atomic mass is 16.6. The molecule has 0 aromatic carbocycles. The highest BCUT2D eigenvalue weighted by Gasteiger charge is 2.21. The third kappa shape index (κ3) is 5.47. The van der Waals surface area contributed by atoms with Crippen LogP contribution in [0.25, 0.3) is 0 Å². The number of likely N-dealkylation sites (tertiary alicyclic amines) is 1. The highest BCUT2D eigenvalue weighted by molar-refractivity contribution is 5.22. The summed E-state index contributed by atoms with van der Waals surface area (Å²) in [5.41, 5.74) is 4.49. The molecule has 1 rings (SSSR count). The molecule has 19 heavy (non-hydrogen) atoms. The Morgan fingerprint density at radius 1 is 1.53 bits per heavy atom. The molecule has 1 aliphatic heterocycles. The molecule has 1 heterocycles. The first-order valence-corrected chi connectivity index (χ1v) is 7.62. The van der Waals surface area contributed by atoms with Gasteiger partial charge in [-0.15, -0.1) is 0 Å². The third-order valence-corrected chi connectivity index (χ3v) is 3.83. The summed E-state index contributed by atoms with van der Waals surface area (Å²) in [5, 5.41) is 0. The van der Waals surface area contributed by atoms with Crippen molar-refractivity contribution in [3.63, 3.8) is 0 Å². The molecule has 0 radical (unpaired) electrons. The molecule has 1 saturated heterocycles. The van der Waals surface area contributed by atoms with Gasteiger partial charge in [0.25, 0.3) is 0 Å². The van der Waals surface area contributed by atoms with Crippen LogP contribution in [0.4, 0.5) is 0 Å². The van der Waals surface area contributed by atoms with E-state index >= 15 is 0 Å². The summed E-state index contributed by atoms with van der Waals surface area (Å²) in [6, 6.07) is 0.839. The van der Waals surface area contributed by atoms with E-state index in [2.05, 4.69) is 43.9 Å². The topological polar surface area (TPSA) is 24.5 Å². The predicted molar refractivity (Wildman–Crippen MR) is 82.0 cm³/mol. The molecular formula is C16H30N2O. The second kappa shape index (κ2) is 9.29. The first kappa shape index (κ1) is 16.4. The lowest BCUT2D eigenvalue weighted by molar-refractivity contribution is -0.00336. The predicted octanol–water partition coefficient (Wildman–Crippen LogP) is 3.29. The van der Waals surface area contributed by atoms with Gasteiger partial charge in [-0.2, -0.15) is 5.48 Å². The van der Waals surface area contributed by atoms with Crippen molar-refractivity contribution >= 4 is 0 Å². The minimum atomic E-state index is 0.272. The van der Waals surface area contributed by atoms with Gasteiger partial charge in [-0.25, -0.2) is 0 Å². The molecule has 1 N–H and O–H groups in total. The largest absolute Gasteiger partial charge is 0.301 e. The van der Waals surface area contributed by atoms with Crippen LogP contribution in [-0.4, -0.2) is 37.2 Å². The second-order valence-electron chi connectivity index (χ2n) is 5.36.